The van der Waals surface area contributed by atoms with Crippen LogP contribution in [0.1, 0.15) is 24.4 Å². The van der Waals surface area contributed by atoms with Crippen LogP contribution in [0.2, 0.25) is 0 Å². The van der Waals surface area contributed by atoms with E-state index >= 15 is 0 Å². The molecule has 0 aliphatic heterocycles. The van der Waals surface area contributed by atoms with Crippen LogP contribution < -0.4 is 5.32 Å². The Balaban J connectivity index is 2.00. The van der Waals surface area contributed by atoms with Crippen LogP contribution >= 0.6 is 11.3 Å². The number of nitrogens with zero attached hydrogens (tertiary/aromatic N) is 4. The molecule has 0 bridgehead atoms. The van der Waals surface area contributed by atoms with Gasteiger partial charge in [-0.25, -0.2) is 9.97 Å². The number of aryl methyl sites for hydroxylation is 2. The molecule has 1 unspecified atom stereocenters. The van der Waals surface area contributed by atoms with E-state index in [0.717, 1.165) is 22.7 Å². The maximum atomic E-state index is 4.49. The van der Waals surface area contributed by atoms with E-state index in [1.807, 2.05) is 14.0 Å². The van der Waals surface area contributed by atoms with Gasteiger partial charge in [-0.15, -0.1) is 0 Å². The minimum atomic E-state index is 0.212. The highest BCUT2D eigenvalue weighted by Gasteiger charge is 2.13. The average Bonchev–Trinajstić information content (AvgIpc) is 3.00. The van der Waals surface area contributed by atoms with Crippen molar-refractivity contribution in [2.75, 3.05) is 5.32 Å². The lowest BCUT2D eigenvalue weighted by molar-refractivity contribution is 0.782. The summed E-state index contributed by atoms with van der Waals surface area (Å²) in [5.74, 6) is 1.59. The van der Waals surface area contributed by atoms with Crippen molar-refractivity contribution in [1.29, 1.82) is 0 Å². The van der Waals surface area contributed by atoms with Crippen molar-refractivity contribution in [3.8, 4) is 0 Å². The Morgan fingerprint density at radius 3 is 2.95 bits per heavy atom. The Morgan fingerprint density at radius 1 is 1.37 bits per heavy atom. The van der Waals surface area contributed by atoms with Crippen LogP contribution in [0, 0.1) is 6.92 Å². The molecule has 0 saturated carbocycles. The number of hydrogen-bond acceptors (Lipinski definition) is 5. The quantitative estimate of drug-likeness (QED) is 0.797. The Labute approximate surface area is 115 Å². The maximum Gasteiger partial charge on any atom is 0.163 e. The van der Waals surface area contributed by atoms with Gasteiger partial charge < -0.3 is 5.32 Å². The van der Waals surface area contributed by atoms with Gasteiger partial charge in [0.25, 0.3) is 0 Å². The van der Waals surface area contributed by atoms with Crippen LogP contribution in [-0.4, -0.2) is 19.7 Å². The highest BCUT2D eigenvalue weighted by molar-refractivity contribution is 7.07. The second-order valence-corrected chi connectivity index (χ2v) is 5.33. The molecule has 0 spiro atoms. The number of hydrogen-bond donors (Lipinski definition) is 1. The fourth-order valence-electron chi connectivity index (χ4n) is 2.05. The van der Waals surface area contributed by atoms with Crippen LogP contribution in [0.4, 0.5) is 5.82 Å². The van der Waals surface area contributed by atoms with E-state index < -0.39 is 0 Å². The van der Waals surface area contributed by atoms with E-state index in [2.05, 4.69) is 44.1 Å². The molecule has 0 aliphatic rings. The molecule has 1 N–H and O–H groups in total. The molecular weight excluding hydrogens is 258 g/mol. The van der Waals surface area contributed by atoms with Crippen LogP contribution in [0.5, 0.6) is 0 Å². The van der Waals surface area contributed by atoms with Crippen molar-refractivity contribution in [3.05, 3.63) is 34.4 Å². The van der Waals surface area contributed by atoms with Crippen molar-refractivity contribution < 1.29 is 0 Å². The first-order valence-electron chi connectivity index (χ1n) is 6.10. The van der Waals surface area contributed by atoms with Crippen molar-refractivity contribution in [2.45, 2.75) is 19.9 Å². The molecule has 0 saturated heterocycles. The monoisotopic (exact) mass is 273 g/mol. The second-order valence-electron chi connectivity index (χ2n) is 4.55. The summed E-state index contributed by atoms with van der Waals surface area (Å²) >= 11 is 1.70. The molecule has 0 amide bonds. The van der Waals surface area contributed by atoms with E-state index in [0.29, 0.717) is 0 Å². The van der Waals surface area contributed by atoms with E-state index in [1.54, 1.807) is 22.2 Å². The highest BCUT2D eigenvalue weighted by Crippen LogP contribution is 2.25. The lowest BCUT2D eigenvalue weighted by atomic mass is 10.2. The zero-order valence-corrected chi connectivity index (χ0v) is 11.9. The summed E-state index contributed by atoms with van der Waals surface area (Å²) in [5, 5.41) is 12.9. The summed E-state index contributed by atoms with van der Waals surface area (Å²) in [6.45, 7) is 4.02. The molecule has 6 heteroatoms. The Morgan fingerprint density at radius 2 is 2.21 bits per heavy atom. The molecule has 1 atom stereocenters. The molecule has 3 rings (SSSR count). The van der Waals surface area contributed by atoms with Crippen LogP contribution in [0.3, 0.4) is 0 Å². The van der Waals surface area contributed by atoms with E-state index in [1.165, 1.54) is 5.56 Å². The van der Waals surface area contributed by atoms with Gasteiger partial charge in [0.05, 0.1) is 17.6 Å². The van der Waals surface area contributed by atoms with Gasteiger partial charge in [-0.3, -0.25) is 4.68 Å². The van der Waals surface area contributed by atoms with Gasteiger partial charge >= 0.3 is 0 Å². The SMILES string of the molecule is Cc1nc(NC(C)c2ccsc2)c2cnn(C)c2n1. The molecule has 19 heavy (non-hydrogen) atoms. The molecule has 5 nitrogen and oxygen atoms in total. The predicted molar refractivity (Wildman–Crippen MR) is 77.4 cm³/mol. The highest BCUT2D eigenvalue weighted by atomic mass is 32.1. The first-order valence-corrected chi connectivity index (χ1v) is 7.04. The third kappa shape index (κ3) is 2.19. The minimum Gasteiger partial charge on any atom is -0.363 e. The third-order valence-electron chi connectivity index (χ3n) is 3.10. The van der Waals surface area contributed by atoms with Crippen molar-refractivity contribution >= 4 is 28.2 Å². The standard InChI is InChI=1S/C13H15N5S/c1-8(10-4-5-19-7-10)15-12-11-6-14-18(3)13(11)17-9(2)16-12/h4-8H,1-3H3,(H,15,16,17). The van der Waals surface area contributed by atoms with Gasteiger partial charge in [-0.2, -0.15) is 16.4 Å². The number of anilines is 1. The lowest BCUT2D eigenvalue weighted by Gasteiger charge is -2.14. The van der Waals surface area contributed by atoms with Gasteiger partial charge in [0, 0.05) is 7.05 Å². The Kier molecular flexibility index (Phi) is 2.94. The summed E-state index contributed by atoms with van der Waals surface area (Å²) in [4.78, 5) is 8.91. The molecular formula is C13H15N5S. The van der Waals surface area contributed by atoms with Crippen LogP contribution in [0.15, 0.2) is 23.0 Å². The topological polar surface area (TPSA) is 55.6 Å². The number of nitrogens with one attached hydrogen (secondary N) is 1. The van der Waals surface area contributed by atoms with Crippen LogP contribution in [0.25, 0.3) is 11.0 Å². The largest absolute Gasteiger partial charge is 0.363 e. The zero-order chi connectivity index (χ0) is 13.4. The first kappa shape index (κ1) is 12.1. The molecule has 98 valence electrons. The smallest absolute Gasteiger partial charge is 0.163 e. The number of aromatic nitrogens is 4. The summed E-state index contributed by atoms with van der Waals surface area (Å²) in [5.41, 5.74) is 2.12. The summed E-state index contributed by atoms with van der Waals surface area (Å²) < 4.78 is 1.77. The normalized spacial score (nSPS) is 12.8. The summed E-state index contributed by atoms with van der Waals surface area (Å²) in [7, 11) is 1.89. The van der Waals surface area contributed by atoms with E-state index in [-0.39, 0.29) is 6.04 Å². The lowest BCUT2D eigenvalue weighted by Crippen LogP contribution is -2.08. The van der Waals surface area contributed by atoms with Gasteiger partial charge in [-0.1, -0.05) is 0 Å². The minimum absolute atomic E-state index is 0.212. The molecule has 3 heterocycles. The fraction of sp³-hybridized carbons (Fsp3) is 0.308. The van der Waals surface area contributed by atoms with Crippen molar-refractivity contribution in [1.82, 2.24) is 19.7 Å². The first-order chi connectivity index (χ1) is 9.15. The fourth-order valence-corrected chi connectivity index (χ4v) is 2.80. The molecule has 0 fully saturated rings. The zero-order valence-electron chi connectivity index (χ0n) is 11.1. The molecule has 0 radical (unpaired) electrons. The Bertz CT molecular complexity index is 701. The van der Waals surface area contributed by atoms with E-state index in [9.17, 15) is 0 Å². The summed E-state index contributed by atoms with van der Waals surface area (Å²) in [6.07, 6.45) is 1.80. The third-order valence-corrected chi connectivity index (χ3v) is 3.80. The molecule has 3 aromatic rings. The molecule has 0 aliphatic carbocycles. The van der Waals surface area contributed by atoms with Gasteiger partial charge in [-0.05, 0) is 36.2 Å². The molecule has 0 aromatic carbocycles. The van der Waals surface area contributed by atoms with Crippen LogP contribution in [-0.2, 0) is 7.05 Å². The average molecular weight is 273 g/mol. The van der Waals surface area contributed by atoms with Gasteiger partial charge in [0.15, 0.2) is 5.65 Å². The second kappa shape index (κ2) is 4.62. The number of rotatable bonds is 3. The predicted octanol–water partition coefficient (Wildman–Crippen LogP) is 2.91. The Hall–Kier alpha value is -1.95. The molecule has 3 aromatic heterocycles. The number of fused-ring (bicyclic) bond motifs is 1. The van der Waals surface area contributed by atoms with Gasteiger partial charge in [0.2, 0.25) is 0 Å². The van der Waals surface area contributed by atoms with Gasteiger partial charge in [0.1, 0.15) is 11.6 Å². The number of thiophene rings is 1. The van der Waals surface area contributed by atoms with Crippen molar-refractivity contribution in [2.24, 2.45) is 7.05 Å². The maximum absolute atomic E-state index is 4.49. The summed E-state index contributed by atoms with van der Waals surface area (Å²) in [6, 6.07) is 2.33. The van der Waals surface area contributed by atoms with E-state index in [4.69, 9.17) is 0 Å². The van der Waals surface area contributed by atoms with Crippen molar-refractivity contribution in [3.63, 3.8) is 0 Å².